The second-order valence-corrected chi connectivity index (χ2v) is 7.95. The van der Waals surface area contributed by atoms with Crippen LogP contribution in [0.2, 0.25) is 0 Å². The van der Waals surface area contributed by atoms with Gasteiger partial charge in [0.25, 0.3) is 0 Å². The van der Waals surface area contributed by atoms with Crippen molar-refractivity contribution in [1.82, 2.24) is 10.2 Å². The first-order valence-corrected chi connectivity index (χ1v) is 10.6. The Morgan fingerprint density at radius 3 is 2.03 bits per heavy atom. The molecule has 1 aliphatic heterocycles. The minimum absolute atomic E-state index is 0.130. The maximum Gasteiger partial charge on any atom is 0.414 e. The van der Waals surface area contributed by atoms with Crippen molar-refractivity contribution >= 4 is 17.8 Å². The third-order valence-electron chi connectivity index (χ3n) is 5.69. The second-order valence-electron chi connectivity index (χ2n) is 7.95. The number of carboxylic acids is 2. The van der Waals surface area contributed by atoms with Crippen LogP contribution < -0.4 is 5.32 Å². The predicted molar refractivity (Wildman–Crippen MR) is 109 cm³/mol. The zero-order valence-corrected chi connectivity index (χ0v) is 17.2. The fourth-order valence-electron chi connectivity index (χ4n) is 3.96. The summed E-state index contributed by atoms with van der Waals surface area (Å²) < 4.78 is 13.8. The van der Waals surface area contributed by atoms with E-state index in [1.54, 1.807) is 6.07 Å². The van der Waals surface area contributed by atoms with Gasteiger partial charge in [-0.05, 0) is 44.8 Å². The van der Waals surface area contributed by atoms with Crippen LogP contribution in [-0.4, -0.2) is 52.1 Å². The standard InChI is InChI=1S/C20H29FN2O.C2H2O4/c21-19-10-6-5-7-17(19)15-23-13-11-16(12-14-23)20(24)22-18-8-3-1-2-4-9-18;3-1(4)2(5)6/h5-7,10,16,18H,1-4,8-9,11-15H2,(H,22,24);(H,3,4)(H,5,6). The van der Waals surface area contributed by atoms with Crippen LogP contribution >= 0.6 is 0 Å². The first-order chi connectivity index (χ1) is 14.4. The van der Waals surface area contributed by atoms with Gasteiger partial charge in [-0.1, -0.05) is 43.9 Å². The summed E-state index contributed by atoms with van der Waals surface area (Å²) in [6.45, 7) is 2.39. The molecule has 3 N–H and O–H groups in total. The third kappa shape index (κ3) is 8.10. The lowest BCUT2D eigenvalue weighted by Gasteiger charge is -2.32. The van der Waals surface area contributed by atoms with Gasteiger partial charge < -0.3 is 15.5 Å². The van der Waals surface area contributed by atoms with Gasteiger partial charge in [-0.15, -0.1) is 0 Å². The largest absolute Gasteiger partial charge is 0.473 e. The van der Waals surface area contributed by atoms with E-state index < -0.39 is 11.9 Å². The number of aliphatic carboxylic acids is 2. The average Bonchev–Trinajstić information content (AvgIpc) is 2.99. The number of piperidine rings is 1. The molecule has 1 aromatic rings. The Labute approximate surface area is 176 Å². The minimum Gasteiger partial charge on any atom is -0.473 e. The molecule has 1 amide bonds. The van der Waals surface area contributed by atoms with Crippen molar-refractivity contribution in [1.29, 1.82) is 0 Å². The molecule has 1 saturated heterocycles. The normalized spacial score (nSPS) is 18.6. The van der Waals surface area contributed by atoms with E-state index >= 15 is 0 Å². The number of nitrogens with zero attached hydrogens (tertiary/aromatic N) is 1. The van der Waals surface area contributed by atoms with Crippen molar-refractivity contribution in [2.24, 2.45) is 5.92 Å². The number of amides is 1. The van der Waals surface area contributed by atoms with Crippen molar-refractivity contribution in [3.8, 4) is 0 Å². The van der Waals surface area contributed by atoms with Crippen LogP contribution in [0.1, 0.15) is 56.9 Å². The van der Waals surface area contributed by atoms with Crippen molar-refractivity contribution in [2.45, 2.75) is 64.0 Å². The highest BCUT2D eigenvalue weighted by Gasteiger charge is 2.27. The molecule has 1 saturated carbocycles. The molecular weight excluding hydrogens is 391 g/mol. The number of carbonyl (C=O) groups excluding carboxylic acids is 1. The van der Waals surface area contributed by atoms with Crippen LogP contribution in [-0.2, 0) is 20.9 Å². The summed E-state index contributed by atoms with van der Waals surface area (Å²) in [7, 11) is 0. The van der Waals surface area contributed by atoms with Crippen LogP contribution in [0.4, 0.5) is 4.39 Å². The third-order valence-corrected chi connectivity index (χ3v) is 5.69. The van der Waals surface area contributed by atoms with Gasteiger partial charge in [0.1, 0.15) is 5.82 Å². The first kappa shape index (κ1) is 23.8. The Bertz CT molecular complexity index is 699. The highest BCUT2D eigenvalue weighted by Crippen LogP contribution is 2.22. The molecule has 166 valence electrons. The first-order valence-electron chi connectivity index (χ1n) is 10.6. The monoisotopic (exact) mass is 422 g/mol. The lowest BCUT2D eigenvalue weighted by atomic mass is 9.94. The Morgan fingerprint density at radius 1 is 0.933 bits per heavy atom. The van der Waals surface area contributed by atoms with Crippen molar-refractivity contribution in [2.75, 3.05) is 13.1 Å². The number of carboxylic acid groups (broad SMARTS) is 2. The van der Waals surface area contributed by atoms with Gasteiger partial charge in [-0.25, -0.2) is 14.0 Å². The summed E-state index contributed by atoms with van der Waals surface area (Å²) in [6, 6.07) is 7.35. The molecule has 0 bridgehead atoms. The van der Waals surface area contributed by atoms with E-state index in [2.05, 4.69) is 10.2 Å². The number of hydrogen-bond donors (Lipinski definition) is 3. The highest BCUT2D eigenvalue weighted by atomic mass is 19.1. The Hall–Kier alpha value is -2.48. The Kier molecular flexibility index (Phi) is 9.73. The van der Waals surface area contributed by atoms with E-state index in [1.807, 2.05) is 12.1 Å². The van der Waals surface area contributed by atoms with E-state index in [0.717, 1.165) is 44.3 Å². The van der Waals surface area contributed by atoms with Crippen LogP contribution in [0.5, 0.6) is 0 Å². The van der Waals surface area contributed by atoms with Gasteiger partial charge >= 0.3 is 11.9 Å². The topological polar surface area (TPSA) is 107 Å². The maximum absolute atomic E-state index is 13.8. The number of nitrogens with one attached hydrogen (secondary N) is 1. The van der Waals surface area contributed by atoms with E-state index in [-0.39, 0.29) is 17.6 Å². The molecule has 1 aromatic carbocycles. The lowest BCUT2D eigenvalue weighted by Crippen LogP contribution is -2.43. The summed E-state index contributed by atoms with van der Waals surface area (Å²) >= 11 is 0. The number of benzene rings is 1. The molecule has 7 nitrogen and oxygen atoms in total. The van der Waals surface area contributed by atoms with E-state index in [9.17, 15) is 9.18 Å². The number of carbonyl (C=O) groups is 3. The number of likely N-dealkylation sites (tertiary alicyclic amines) is 1. The fraction of sp³-hybridized carbons (Fsp3) is 0.591. The smallest absolute Gasteiger partial charge is 0.414 e. The van der Waals surface area contributed by atoms with Crippen molar-refractivity contribution < 1.29 is 29.0 Å². The Balaban J connectivity index is 0.000000469. The summed E-state index contributed by atoms with van der Waals surface area (Å²) in [4.78, 5) is 33.0. The fourth-order valence-corrected chi connectivity index (χ4v) is 3.96. The molecule has 3 rings (SSSR count). The van der Waals surface area contributed by atoms with E-state index in [0.29, 0.717) is 12.6 Å². The van der Waals surface area contributed by atoms with E-state index in [4.69, 9.17) is 19.8 Å². The van der Waals surface area contributed by atoms with Gasteiger partial charge in [0.2, 0.25) is 5.91 Å². The number of rotatable bonds is 4. The average molecular weight is 422 g/mol. The molecule has 8 heteroatoms. The highest BCUT2D eigenvalue weighted by molar-refractivity contribution is 6.27. The molecule has 0 unspecified atom stereocenters. The minimum atomic E-state index is -1.82. The molecule has 1 aliphatic carbocycles. The Morgan fingerprint density at radius 2 is 1.50 bits per heavy atom. The molecule has 0 atom stereocenters. The van der Waals surface area contributed by atoms with Crippen LogP contribution in [0.25, 0.3) is 0 Å². The predicted octanol–water partition coefficient (Wildman–Crippen LogP) is 3.03. The molecular formula is C22H31FN2O5. The molecule has 1 heterocycles. The van der Waals surface area contributed by atoms with Gasteiger partial charge in [0.15, 0.2) is 0 Å². The summed E-state index contributed by atoms with van der Waals surface area (Å²) in [5.74, 6) is -3.41. The quantitative estimate of drug-likeness (QED) is 0.509. The van der Waals surface area contributed by atoms with Crippen molar-refractivity contribution in [3.05, 3.63) is 35.6 Å². The van der Waals surface area contributed by atoms with Crippen LogP contribution in [0, 0.1) is 11.7 Å². The van der Waals surface area contributed by atoms with Crippen molar-refractivity contribution in [3.63, 3.8) is 0 Å². The lowest BCUT2D eigenvalue weighted by molar-refractivity contribution is -0.159. The van der Waals surface area contributed by atoms with Crippen LogP contribution in [0.3, 0.4) is 0 Å². The van der Waals surface area contributed by atoms with Gasteiger partial charge in [-0.3, -0.25) is 9.69 Å². The SMILES string of the molecule is O=C(NC1CCCCCC1)C1CCN(Cc2ccccc2F)CC1.O=C(O)C(=O)O. The summed E-state index contributed by atoms with van der Waals surface area (Å²) in [6.07, 6.45) is 9.13. The molecule has 2 fully saturated rings. The molecule has 0 aromatic heterocycles. The van der Waals surface area contributed by atoms with Gasteiger partial charge in [0, 0.05) is 24.1 Å². The summed E-state index contributed by atoms with van der Waals surface area (Å²) in [5.41, 5.74) is 0.749. The summed E-state index contributed by atoms with van der Waals surface area (Å²) in [5, 5.41) is 18.1. The zero-order chi connectivity index (χ0) is 21.9. The second kappa shape index (κ2) is 12.3. The molecule has 0 radical (unpaired) electrons. The van der Waals surface area contributed by atoms with Gasteiger partial charge in [0.05, 0.1) is 0 Å². The van der Waals surface area contributed by atoms with Crippen LogP contribution in [0.15, 0.2) is 24.3 Å². The van der Waals surface area contributed by atoms with E-state index in [1.165, 1.54) is 31.7 Å². The van der Waals surface area contributed by atoms with Gasteiger partial charge in [-0.2, -0.15) is 0 Å². The zero-order valence-electron chi connectivity index (χ0n) is 17.2. The molecule has 0 spiro atoms. The molecule has 30 heavy (non-hydrogen) atoms. The number of hydrogen-bond acceptors (Lipinski definition) is 4. The number of halogens is 1. The molecule has 2 aliphatic rings. The maximum atomic E-state index is 13.8.